The zero-order chi connectivity index (χ0) is 11.1. The lowest BCUT2D eigenvalue weighted by Gasteiger charge is -2.24. The summed E-state index contributed by atoms with van der Waals surface area (Å²) in [6, 6.07) is 3.22. The predicted octanol–water partition coefficient (Wildman–Crippen LogP) is 3.11. The first-order valence-electron chi connectivity index (χ1n) is 5.22. The number of anilines is 1. The molecule has 0 unspecified atom stereocenters. The highest BCUT2D eigenvalue weighted by atomic mass is 19.1. The van der Waals surface area contributed by atoms with Crippen LogP contribution in [-0.4, -0.2) is 12.1 Å². The number of nitrogens with one attached hydrogen (secondary N) is 1. The number of ether oxygens (including phenoxy) is 1. The summed E-state index contributed by atoms with van der Waals surface area (Å²) in [5.41, 5.74) is 1.50. The highest BCUT2D eigenvalue weighted by molar-refractivity contribution is 5.63. The van der Waals surface area contributed by atoms with Crippen molar-refractivity contribution in [3.05, 3.63) is 23.5 Å². The quantitative estimate of drug-likeness (QED) is 0.709. The summed E-state index contributed by atoms with van der Waals surface area (Å²) in [6.07, 6.45) is 0.862. The van der Waals surface area contributed by atoms with Crippen molar-refractivity contribution in [3.8, 4) is 5.75 Å². The lowest BCUT2D eigenvalue weighted by atomic mass is 10.1. The van der Waals surface area contributed by atoms with Crippen LogP contribution in [0.25, 0.3) is 0 Å². The Morgan fingerprint density at radius 3 is 2.87 bits per heavy atom. The van der Waals surface area contributed by atoms with Crippen molar-refractivity contribution in [3.63, 3.8) is 0 Å². The number of hydrogen-bond acceptors (Lipinski definition) is 2. The maximum Gasteiger partial charge on any atom is 0.179 e. The first-order chi connectivity index (χ1) is 6.99. The molecule has 2 rings (SSSR count). The standard InChI is InChI=1S/C12H16FNO/c1-8-4-5-9(13)11-10(8)14-7-6-12(2,3)15-11/h4-5,14H,6-7H2,1-3H3. The third-order valence-corrected chi connectivity index (χ3v) is 2.73. The molecule has 0 fully saturated rings. The molecule has 0 aliphatic carbocycles. The third-order valence-electron chi connectivity index (χ3n) is 2.73. The minimum atomic E-state index is -0.313. The van der Waals surface area contributed by atoms with Crippen molar-refractivity contribution < 1.29 is 9.13 Å². The van der Waals surface area contributed by atoms with Gasteiger partial charge in [-0.05, 0) is 32.4 Å². The van der Waals surface area contributed by atoms with Gasteiger partial charge in [0.2, 0.25) is 0 Å². The van der Waals surface area contributed by atoms with E-state index < -0.39 is 0 Å². The molecule has 0 spiro atoms. The van der Waals surface area contributed by atoms with Gasteiger partial charge in [0.15, 0.2) is 11.6 Å². The Morgan fingerprint density at radius 1 is 1.40 bits per heavy atom. The first-order valence-corrected chi connectivity index (χ1v) is 5.22. The van der Waals surface area contributed by atoms with Crippen LogP contribution < -0.4 is 10.1 Å². The minimum absolute atomic E-state index is 0.293. The van der Waals surface area contributed by atoms with Crippen molar-refractivity contribution in [1.82, 2.24) is 0 Å². The second-order valence-electron chi connectivity index (χ2n) is 4.61. The number of benzene rings is 1. The zero-order valence-electron chi connectivity index (χ0n) is 9.36. The smallest absolute Gasteiger partial charge is 0.179 e. The molecule has 0 saturated carbocycles. The number of halogens is 1. The molecule has 2 nitrogen and oxygen atoms in total. The topological polar surface area (TPSA) is 21.3 Å². The van der Waals surface area contributed by atoms with Gasteiger partial charge in [-0.3, -0.25) is 0 Å². The Balaban J connectivity index is 2.51. The summed E-state index contributed by atoms with van der Waals surface area (Å²) in [6.45, 7) is 6.72. The molecular weight excluding hydrogens is 193 g/mol. The summed E-state index contributed by atoms with van der Waals surface area (Å²) in [4.78, 5) is 0. The lowest BCUT2D eigenvalue weighted by molar-refractivity contribution is 0.103. The molecule has 1 aliphatic heterocycles. The lowest BCUT2D eigenvalue weighted by Crippen LogP contribution is -2.28. The minimum Gasteiger partial charge on any atom is -0.483 e. The van der Waals surface area contributed by atoms with E-state index in [2.05, 4.69) is 5.32 Å². The van der Waals surface area contributed by atoms with Gasteiger partial charge in [0.25, 0.3) is 0 Å². The van der Waals surface area contributed by atoms with Crippen LogP contribution in [0.5, 0.6) is 5.75 Å². The van der Waals surface area contributed by atoms with E-state index in [9.17, 15) is 4.39 Å². The van der Waals surface area contributed by atoms with E-state index in [1.54, 1.807) is 6.07 Å². The van der Waals surface area contributed by atoms with Crippen molar-refractivity contribution in [2.45, 2.75) is 32.8 Å². The molecule has 0 bridgehead atoms. The van der Waals surface area contributed by atoms with Crippen LogP contribution in [0.2, 0.25) is 0 Å². The molecule has 0 atom stereocenters. The molecule has 1 aromatic carbocycles. The van der Waals surface area contributed by atoms with Crippen molar-refractivity contribution >= 4 is 5.69 Å². The molecule has 1 aromatic rings. The van der Waals surface area contributed by atoms with E-state index in [1.165, 1.54) is 6.07 Å². The molecule has 1 N–H and O–H groups in total. The summed E-state index contributed by atoms with van der Waals surface area (Å²) >= 11 is 0. The van der Waals surface area contributed by atoms with Crippen molar-refractivity contribution in [2.75, 3.05) is 11.9 Å². The van der Waals surface area contributed by atoms with E-state index in [0.29, 0.717) is 5.75 Å². The molecule has 82 valence electrons. The van der Waals surface area contributed by atoms with Crippen LogP contribution in [0.3, 0.4) is 0 Å². The fourth-order valence-corrected chi connectivity index (χ4v) is 1.79. The first kappa shape index (κ1) is 10.3. The number of rotatable bonds is 0. The van der Waals surface area contributed by atoms with Crippen LogP contribution in [0.1, 0.15) is 25.8 Å². The summed E-state index contributed by atoms with van der Waals surface area (Å²) in [5, 5.41) is 3.22. The number of hydrogen-bond donors (Lipinski definition) is 1. The van der Waals surface area contributed by atoms with Gasteiger partial charge in [0, 0.05) is 13.0 Å². The average Bonchev–Trinajstić information content (AvgIpc) is 2.31. The van der Waals surface area contributed by atoms with Crippen LogP contribution in [-0.2, 0) is 0 Å². The molecule has 15 heavy (non-hydrogen) atoms. The summed E-state index contributed by atoms with van der Waals surface area (Å²) in [5.74, 6) is 0.0653. The molecule has 0 amide bonds. The second kappa shape index (κ2) is 3.40. The fraction of sp³-hybridized carbons (Fsp3) is 0.500. The van der Waals surface area contributed by atoms with Gasteiger partial charge in [0.1, 0.15) is 5.60 Å². The van der Waals surface area contributed by atoms with E-state index in [1.807, 2.05) is 20.8 Å². The summed E-state index contributed by atoms with van der Waals surface area (Å²) in [7, 11) is 0. The molecule has 1 aliphatic rings. The second-order valence-corrected chi connectivity index (χ2v) is 4.61. The van der Waals surface area contributed by atoms with E-state index >= 15 is 0 Å². The number of fused-ring (bicyclic) bond motifs is 1. The molecule has 0 radical (unpaired) electrons. The Labute approximate surface area is 89.4 Å². The van der Waals surface area contributed by atoms with Crippen molar-refractivity contribution in [2.24, 2.45) is 0 Å². The number of aryl methyl sites for hydroxylation is 1. The highest BCUT2D eigenvalue weighted by Gasteiger charge is 2.27. The SMILES string of the molecule is Cc1ccc(F)c2c1NCCC(C)(C)O2. The Bertz CT molecular complexity index is 387. The monoisotopic (exact) mass is 209 g/mol. The van der Waals surface area contributed by atoms with E-state index in [0.717, 1.165) is 24.2 Å². The fourth-order valence-electron chi connectivity index (χ4n) is 1.79. The molecule has 0 saturated heterocycles. The largest absolute Gasteiger partial charge is 0.483 e. The van der Waals surface area contributed by atoms with Gasteiger partial charge in [-0.15, -0.1) is 0 Å². The van der Waals surface area contributed by atoms with Crippen LogP contribution in [0, 0.1) is 12.7 Å². The van der Waals surface area contributed by atoms with Gasteiger partial charge < -0.3 is 10.1 Å². The maximum absolute atomic E-state index is 13.6. The molecule has 3 heteroatoms. The summed E-state index contributed by atoms with van der Waals surface area (Å²) < 4.78 is 19.3. The van der Waals surface area contributed by atoms with Crippen LogP contribution in [0.4, 0.5) is 10.1 Å². The Hall–Kier alpha value is -1.25. The van der Waals surface area contributed by atoms with Crippen LogP contribution >= 0.6 is 0 Å². The average molecular weight is 209 g/mol. The van der Waals surface area contributed by atoms with Gasteiger partial charge in [-0.1, -0.05) is 6.07 Å². The highest BCUT2D eigenvalue weighted by Crippen LogP contribution is 2.36. The normalized spacial score (nSPS) is 18.4. The zero-order valence-corrected chi connectivity index (χ0v) is 9.36. The Morgan fingerprint density at radius 2 is 2.13 bits per heavy atom. The van der Waals surface area contributed by atoms with Gasteiger partial charge >= 0.3 is 0 Å². The van der Waals surface area contributed by atoms with Gasteiger partial charge in [-0.2, -0.15) is 0 Å². The molecular formula is C12H16FNO. The van der Waals surface area contributed by atoms with E-state index in [4.69, 9.17) is 4.74 Å². The van der Waals surface area contributed by atoms with E-state index in [-0.39, 0.29) is 11.4 Å². The van der Waals surface area contributed by atoms with Gasteiger partial charge in [-0.25, -0.2) is 4.39 Å². The predicted molar refractivity (Wildman–Crippen MR) is 59.0 cm³/mol. The maximum atomic E-state index is 13.6. The Kier molecular flexibility index (Phi) is 2.33. The van der Waals surface area contributed by atoms with Gasteiger partial charge in [0.05, 0.1) is 5.69 Å². The molecule has 0 aromatic heterocycles. The van der Waals surface area contributed by atoms with Crippen LogP contribution in [0.15, 0.2) is 12.1 Å². The third kappa shape index (κ3) is 1.91. The van der Waals surface area contributed by atoms with Crippen molar-refractivity contribution in [1.29, 1.82) is 0 Å². The molecule has 1 heterocycles.